The van der Waals surface area contributed by atoms with Crippen molar-refractivity contribution < 1.29 is 24.2 Å². The SMILES string of the molecule is Cc1ccc(C(=O)NCc2cc3nc(-c4cccc(N5C[C@@H](C)O[C@@H](C)C5)n4)ccc3cn2)cc1C1(O)CCCN(C(=O)OC(C)(C)C)C1. The quantitative estimate of drug-likeness (QED) is 0.264. The average Bonchev–Trinajstić information content (AvgIpc) is 3.06. The number of likely N-dealkylation sites (tertiary alicyclic amines) is 1. The average molecular weight is 667 g/mol. The van der Waals surface area contributed by atoms with Crippen LogP contribution >= 0.6 is 0 Å². The predicted octanol–water partition coefficient (Wildman–Crippen LogP) is 5.76. The minimum absolute atomic E-state index is 0.0925. The lowest BCUT2D eigenvalue weighted by atomic mass is 9.82. The first-order chi connectivity index (χ1) is 23.3. The Hall–Kier alpha value is -4.61. The molecule has 3 atom stereocenters. The first-order valence-corrected chi connectivity index (χ1v) is 17.0. The zero-order valence-electron chi connectivity index (χ0n) is 29.2. The van der Waals surface area contributed by atoms with E-state index in [1.54, 1.807) is 23.2 Å². The van der Waals surface area contributed by atoms with Crippen molar-refractivity contribution in [1.29, 1.82) is 0 Å². The van der Waals surface area contributed by atoms with Crippen molar-refractivity contribution in [1.82, 2.24) is 25.2 Å². The van der Waals surface area contributed by atoms with Crippen LogP contribution in [0, 0.1) is 6.92 Å². The van der Waals surface area contributed by atoms with Crippen LogP contribution in [0.25, 0.3) is 22.3 Å². The van der Waals surface area contributed by atoms with Gasteiger partial charge in [0.2, 0.25) is 0 Å². The zero-order chi connectivity index (χ0) is 34.9. The lowest BCUT2D eigenvalue weighted by molar-refractivity contribution is -0.0469. The number of ether oxygens (including phenoxy) is 2. The Morgan fingerprint density at radius 2 is 1.80 bits per heavy atom. The molecule has 4 aromatic rings. The Kier molecular flexibility index (Phi) is 9.59. The highest BCUT2D eigenvalue weighted by Crippen LogP contribution is 2.35. The maximum Gasteiger partial charge on any atom is 0.410 e. The predicted molar refractivity (Wildman–Crippen MR) is 188 cm³/mol. The molecule has 0 bridgehead atoms. The summed E-state index contributed by atoms with van der Waals surface area (Å²) in [6, 6.07) is 17.1. The number of carbonyl (C=O) groups excluding carboxylic acids is 2. The number of aromatic nitrogens is 3. The van der Waals surface area contributed by atoms with E-state index in [9.17, 15) is 14.7 Å². The van der Waals surface area contributed by atoms with Crippen LogP contribution in [0.4, 0.5) is 10.6 Å². The second-order valence-electron chi connectivity index (χ2n) is 14.4. The Morgan fingerprint density at radius 3 is 2.55 bits per heavy atom. The number of carbonyl (C=O) groups is 2. The number of benzene rings is 1. The van der Waals surface area contributed by atoms with E-state index in [2.05, 4.69) is 29.0 Å². The lowest BCUT2D eigenvalue weighted by Gasteiger charge is -2.40. The molecule has 2 aliphatic heterocycles. The Morgan fingerprint density at radius 1 is 1.04 bits per heavy atom. The first kappa shape index (κ1) is 34.3. The van der Waals surface area contributed by atoms with E-state index < -0.39 is 17.3 Å². The van der Waals surface area contributed by atoms with Crippen LogP contribution < -0.4 is 10.2 Å². The third-order valence-corrected chi connectivity index (χ3v) is 8.92. The van der Waals surface area contributed by atoms with Crippen molar-refractivity contribution in [2.45, 2.75) is 84.3 Å². The zero-order valence-corrected chi connectivity index (χ0v) is 29.2. The maximum absolute atomic E-state index is 13.4. The van der Waals surface area contributed by atoms with E-state index in [-0.39, 0.29) is 31.2 Å². The minimum atomic E-state index is -1.30. The third-order valence-electron chi connectivity index (χ3n) is 8.92. The number of rotatable bonds is 6. The van der Waals surface area contributed by atoms with Crippen LogP contribution in [0.15, 0.2) is 60.8 Å². The summed E-state index contributed by atoms with van der Waals surface area (Å²) < 4.78 is 11.4. The molecule has 1 aromatic carbocycles. The number of aryl methyl sites for hydroxylation is 1. The van der Waals surface area contributed by atoms with Gasteiger partial charge in [-0.3, -0.25) is 9.78 Å². The Bertz CT molecular complexity index is 1850. The number of morpholine rings is 1. The van der Waals surface area contributed by atoms with Gasteiger partial charge in [0, 0.05) is 36.8 Å². The molecule has 5 heterocycles. The largest absolute Gasteiger partial charge is 0.444 e. The van der Waals surface area contributed by atoms with Gasteiger partial charge in [-0.05, 0) is 108 Å². The third kappa shape index (κ3) is 8.00. The molecule has 0 radical (unpaired) electrons. The molecule has 2 aliphatic rings. The van der Waals surface area contributed by atoms with E-state index in [1.165, 1.54) is 0 Å². The molecule has 0 saturated carbocycles. The van der Waals surface area contributed by atoms with Gasteiger partial charge in [-0.1, -0.05) is 12.1 Å². The summed E-state index contributed by atoms with van der Waals surface area (Å²) in [5.74, 6) is 0.607. The van der Waals surface area contributed by atoms with Gasteiger partial charge in [0.05, 0.1) is 47.9 Å². The normalized spacial score (nSPS) is 21.4. The summed E-state index contributed by atoms with van der Waals surface area (Å²) in [5.41, 5.74) is 2.90. The summed E-state index contributed by atoms with van der Waals surface area (Å²) in [6.07, 6.45) is 2.65. The Balaban J connectivity index is 1.15. The minimum Gasteiger partial charge on any atom is -0.444 e. The molecule has 6 rings (SSSR count). The van der Waals surface area contributed by atoms with Crippen LogP contribution in [0.1, 0.15) is 74.6 Å². The van der Waals surface area contributed by atoms with Gasteiger partial charge in [-0.15, -0.1) is 0 Å². The van der Waals surface area contributed by atoms with Crippen molar-refractivity contribution in [3.63, 3.8) is 0 Å². The number of piperidine rings is 1. The molecule has 2 fully saturated rings. The fraction of sp³-hybridized carbons (Fsp3) is 0.447. The molecule has 1 unspecified atom stereocenters. The number of aliphatic hydroxyl groups is 1. The molecule has 11 nitrogen and oxygen atoms in total. The summed E-state index contributed by atoms with van der Waals surface area (Å²) in [4.78, 5) is 44.3. The second-order valence-corrected chi connectivity index (χ2v) is 14.4. The van der Waals surface area contributed by atoms with Crippen LogP contribution in [0.2, 0.25) is 0 Å². The number of anilines is 1. The highest BCUT2D eigenvalue weighted by molar-refractivity contribution is 5.94. The summed E-state index contributed by atoms with van der Waals surface area (Å²) in [6.45, 7) is 13.9. The number of hydrogen-bond donors (Lipinski definition) is 2. The molecule has 11 heteroatoms. The fourth-order valence-electron chi connectivity index (χ4n) is 6.68. The monoisotopic (exact) mass is 666 g/mol. The first-order valence-electron chi connectivity index (χ1n) is 17.0. The molecular formula is C38H46N6O5. The fourth-order valence-corrected chi connectivity index (χ4v) is 6.68. The van der Waals surface area contributed by atoms with Gasteiger partial charge in [-0.2, -0.15) is 0 Å². The highest BCUT2D eigenvalue weighted by atomic mass is 16.6. The molecule has 2 amide bonds. The summed E-state index contributed by atoms with van der Waals surface area (Å²) >= 11 is 0. The van der Waals surface area contributed by atoms with Crippen LogP contribution in [-0.4, -0.2) is 80.9 Å². The smallest absolute Gasteiger partial charge is 0.410 e. The van der Waals surface area contributed by atoms with Crippen LogP contribution in [0.3, 0.4) is 0 Å². The van der Waals surface area contributed by atoms with E-state index in [0.29, 0.717) is 36.2 Å². The number of β-amino-alcohol motifs (C(OH)–C–C–N with tert-alkyl or cyclic N) is 1. The molecule has 2 saturated heterocycles. The Labute approximate surface area is 287 Å². The van der Waals surface area contributed by atoms with E-state index in [4.69, 9.17) is 19.4 Å². The maximum atomic E-state index is 13.4. The number of hydrogen-bond acceptors (Lipinski definition) is 9. The van der Waals surface area contributed by atoms with Gasteiger partial charge in [0.1, 0.15) is 17.0 Å². The molecule has 3 aromatic heterocycles. The number of fused-ring (bicyclic) bond motifs is 1. The summed E-state index contributed by atoms with van der Waals surface area (Å²) in [5, 5.41) is 15.6. The van der Waals surface area contributed by atoms with E-state index >= 15 is 0 Å². The molecule has 49 heavy (non-hydrogen) atoms. The number of pyridine rings is 3. The number of nitrogens with one attached hydrogen (secondary N) is 1. The van der Waals surface area contributed by atoms with Crippen molar-refractivity contribution in [2.24, 2.45) is 0 Å². The van der Waals surface area contributed by atoms with Crippen molar-refractivity contribution in [3.8, 4) is 11.4 Å². The second kappa shape index (κ2) is 13.7. The molecular weight excluding hydrogens is 620 g/mol. The molecule has 0 spiro atoms. The summed E-state index contributed by atoms with van der Waals surface area (Å²) in [7, 11) is 0. The standard InChI is InChI=1S/C38H46N6O5/c1-24-11-12-27(17-30(24)38(47)15-8-16-43(23-38)36(46)49-37(4,5)6)35(45)40-20-29-18-33-28(19-39-29)13-14-32(41-33)31-9-7-10-34(42-31)44-21-25(2)48-26(3)22-44/h7,9-14,17-19,25-26,47H,8,15-16,20-23H2,1-6H3,(H,40,45)/t25-,26+,38?. The van der Waals surface area contributed by atoms with Gasteiger partial charge < -0.3 is 29.7 Å². The van der Waals surface area contributed by atoms with E-state index in [1.807, 2.05) is 70.2 Å². The molecule has 2 N–H and O–H groups in total. The highest BCUT2D eigenvalue weighted by Gasteiger charge is 2.39. The van der Waals surface area contributed by atoms with Gasteiger partial charge in [0.15, 0.2) is 0 Å². The number of nitrogens with zero attached hydrogens (tertiary/aromatic N) is 5. The molecule has 258 valence electrons. The van der Waals surface area contributed by atoms with E-state index in [0.717, 1.165) is 46.8 Å². The van der Waals surface area contributed by atoms with Crippen LogP contribution in [0.5, 0.6) is 0 Å². The van der Waals surface area contributed by atoms with Crippen molar-refractivity contribution in [3.05, 3.63) is 83.2 Å². The van der Waals surface area contributed by atoms with Crippen LogP contribution in [-0.2, 0) is 21.6 Å². The topological polar surface area (TPSA) is 130 Å². The van der Waals surface area contributed by atoms with Gasteiger partial charge in [-0.25, -0.2) is 14.8 Å². The molecule has 0 aliphatic carbocycles. The van der Waals surface area contributed by atoms with Gasteiger partial charge >= 0.3 is 6.09 Å². The van der Waals surface area contributed by atoms with Crippen molar-refractivity contribution in [2.75, 3.05) is 31.1 Å². The van der Waals surface area contributed by atoms with Gasteiger partial charge in [0.25, 0.3) is 5.91 Å². The van der Waals surface area contributed by atoms with Crippen molar-refractivity contribution >= 4 is 28.7 Å². The number of amides is 2. The lowest BCUT2D eigenvalue weighted by Crippen LogP contribution is -2.50.